The third-order valence-corrected chi connectivity index (χ3v) is 5.77. The molecule has 1 N–H and O–H groups in total. The fourth-order valence-electron chi connectivity index (χ4n) is 4.34. The van der Waals surface area contributed by atoms with E-state index in [4.69, 9.17) is 0 Å². The van der Waals surface area contributed by atoms with E-state index in [-0.39, 0.29) is 12.1 Å². The van der Waals surface area contributed by atoms with Crippen molar-refractivity contribution in [1.29, 1.82) is 0 Å². The van der Waals surface area contributed by atoms with E-state index in [0.717, 1.165) is 12.1 Å². The standard InChI is InChI=1S/C22H20F5N3/c1-3-12-6-18(22(25,26)27)21(15-5-4-13(23)7-16(12)15)30-20-9-14(24)8-19-17(20)10-28-11(2)29-19/h4-5,7-10,12,18,21,30H,3,6H2,1-2H3/t12-,18-,21-/m0/s1. The number of hydrogen-bond donors (Lipinski definition) is 1. The predicted molar refractivity (Wildman–Crippen MR) is 104 cm³/mol. The lowest BCUT2D eigenvalue weighted by Crippen LogP contribution is -2.38. The van der Waals surface area contributed by atoms with Crippen LogP contribution in [0.1, 0.15) is 48.7 Å². The maximum absolute atomic E-state index is 14.2. The molecule has 0 aliphatic heterocycles. The van der Waals surface area contributed by atoms with Crippen LogP contribution in [0, 0.1) is 24.5 Å². The normalized spacial score (nSPS) is 21.5. The maximum atomic E-state index is 14.2. The number of rotatable bonds is 3. The van der Waals surface area contributed by atoms with Gasteiger partial charge in [-0.15, -0.1) is 0 Å². The third-order valence-electron chi connectivity index (χ3n) is 5.77. The lowest BCUT2D eigenvalue weighted by molar-refractivity contribution is -0.184. The molecule has 0 amide bonds. The number of nitrogens with one attached hydrogen (secondary N) is 1. The number of hydrogen-bond acceptors (Lipinski definition) is 3. The van der Waals surface area contributed by atoms with Gasteiger partial charge in [0.15, 0.2) is 0 Å². The lowest BCUT2D eigenvalue weighted by atomic mass is 9.72. The molecule has 1 heterocycles. The van der Waals surface area contributed by atoms with E-state index < -0.39 is 35.7 Å². The van der Waals surface area contributed by atoms with Gasteiger partial charge in [0, 0.05) is 23.3 Å². The summed E-state index contributed by atoms with van der Waals surface area (Å²) in [6.07, 6.45) is -2.72. The summed E-state index contributed by atoms with van der Waals surface area (Å²) >= 11 is 0. The molecule has 8 heteroatoms. The molecular formula is C22H20F5N3. The molecule has 1 aliphatic rings. The molecule has 0 fully saturated rings. The van der Waals surface area contributed by atoms with Crippen molar-refractivity contribution in [1.82, 2.24) is 9.97 Å². The van der Waals surface area contributed by atoms with Crippen molar-refractivity contribution in [3.8, 4) is 0 Å². The van der Waals surface area contributed by atoms with Crippen LogP contribution >= 0.6 is 0 Å². The number of anilines is 1. The van der Waals surface area contributed by atoms with Crippen LogP contribution in [0.15, 0.2) is 36.5 Å². The second-order valence-electron chi connectivity index (χ2n) is 7.69. The fourth-order valence-corrected chi connectivity index (χ4v) is 4.34. The SMILES string of the molecule is CC[C@H]1C[C@H](C(F)(F)F)[C@@H](Nc2cc(F)cc3nc(C)ncc23)c2ccc(F)cc21. The number of nitrogens with zero attached hydrogens (tertiary/aromatic N) is 2. The number of aromatic nitrogens is 2. The Hall–Kier alpha value is -2.77. The summed E-state index contributed by atoms with van der Waals surface area (Å²) in [7, 11) is 0. The van der Waals surface area contributed by atoms with E-state index >= 15 is 0 Å². The average molecular weight is 421 g/mol. The number of alkyl halides is 3. The van der Waals surface area contributed by atoms with E-state index in [2.05, 4.69) is 15.3 Å². The average Bonchev–Trinajstić information content (AvgIpc) is 2.66. The molecule has 158 valence electrons. The first-order valence-corrected chi connectivity index (χ1v) is 9.73. The summed E-state index contributed by atoms with van der Waals surface area (Å²) in [6, 6.07) is 5.04. The van der Waals surface area contributed by atoms with Crippen LogP contribution in [0.3, 0.4) is 0 Å². The Kier molecular flexibility index (Phi) is 5.11. The van der Waals surface area contributed by atoms with Gasteiger partial charge >= 0.3 is 6.18 Å². The molecular weight excluding hydrogens is 401 g/mol. The Labute approximate surface area is 170 Å². The Morgan fingerprint density at radius 2 is 1.83 bits per heavy atom. The summed E-state index contributed by atoms with van der Waals surface area (Å²) in [4.78, 5) is 8.27. The lowest BCUT2D eigenvalue weighted by Gasteiger charge is -2.39. The quantitative estimate of drug-likeness (QED) is 0.494. The van der Waals surface area contributed by atoms with Gasteiger partial charge in [0.05, 0.1) is 17.5 Å². The molecule has 3 aromatic rings. The van der Waals surface area contributed by atoms with Gasteiger partial charge in [0.2, 0.25) is 0 Å². The van der Waals surface area contributed by atoms with E-state index in [9.17, 15) is 22.0 Å². The van der Waals surface area contributed by atoms with Gasteiger partial charge in [-0.3, -0.25) is 0 Å². The Morgan fingerprint density at radius 1 is 1.07 bits per heavy atom. The Balaban J connectivity index is 1.86. The van der Waals surface area contributed by atoms with E-state index in [1.807, 2.05) is 0 Å². The van der Waals surface area contributed by atoms with E-state index in [0.29, 0.717) is 34.3 Å². The van der Waals surface area contributed by atoms with Crippen LogP contribution in [-0.2, 0) is 0 Å². The van der Waals surface area contributed by atoms with Crippen molar-refractivity contribution in [3.63, 3.8) is 0 Å². The van der Waals surface area contributed by atoms with Crippen LogP contribution in [0.2, 0.25) is 0 Å². The first-order valence-electron chi connectivity index (χ1n) is 9.73. The van der Waals surface area contributed by atoms with Crippen molar-refractivity contribution in [2.45, 2.75) is 44.8 Å². The maximum Gasteiger partial charge on any atom is 0.394 e. The minimum Gasteiger partial charge on any atom is -0.377 e. The van der Waals surface area contributed by atoms with Gasteiger partial charge in [-0.1, -0.05) is 13.0 Å². The summed E-state index contributed by atoms with van der Waals surface area (Å²) in [5, 5.41) is 3.32. The molecule has 0 saturated heterocycles. The van der Waals surface area contributed by atoms with Gasteiger partial charge in [-0.2, -0.15) is 13.2 Å². The predicted octanol–water partition coefficient (Wildman–Crippen LogP) is 6.45. The molecule has 2 aromatic carbocycles. The second-order valence-corrected chi connectivity index (χ2v) is 7.69. The van der Waals surface area contributed by atoms with Crippen molar-refractivity contribution in [2.24, 2.45) is 5.92 Å². The largest absolute Gasteiger partial charge is 0.394 e. The topological polar surface area (TPSA) is 37.8 Å². The van der Waals surface area contributed by atoms with Gasteiger partial charge in [-0.25, -0.2) is 18.7 Å². The van der Waals surface area contributed by atoms with Crippen LogP contribution < -0.4 is 5.32 Å². The van der Waals surface area contributed by atoms with Crippen molar-refractivity contribution in [3.05, 3.63) is 65.1 Å². The van der Waals surface area contributed by atoms with Gasteiger partial charge in [0.25, 0.3) is 0 Å². The molecule has 0 saturated carbocycles. The van der Waals surface area contributed by atoms with Crippen molar-refractivity contribution in [2.75, 3.05) is 5.32 Å². The van der Waals surface area contributed by atoms with Crippen molar-refractivity contribution < 1.29 is 22.0 Å². The molecule has 4 rings (SSSR count). The summed E-state index contributed by atoms with van der Waals surface area (Å²) < 4.78 is 70.1. The smallest absolute Gasteiger partial charge is 0.377 e. The van der Waals surface area contributed by atoms with E-state index in [1.165, 1.54) is 24.4 Å². The second kappa shape index (κ2) is 7.49. The molecule has 3 nitrogen and oxygen atoms in total. The molecule has 1 aliphatic carbocycles. The summed E-state index contributed by atoms with van der Waals surface area (Å²) in [5.74, 6) is -2.79. The van der Waals surface area contributed by atoms with Gasteiger partial charge < -0.3 is 5.32 Å². The van der Waals surface area contributed by atoms with E-state index in [1.54, 1.807) is 13.8 Å². The minimum atomic E-state index is -4.48. The van der Waals surface area contributed by atoms with Crippen molar-refractivity contribution >= 4 is 16.6 Å². The highest BCUT2D eigenvalue weighted by atomic mass is 19.4. The fraction of sp³-hybridized carbons (Fsp3) is 0.364. The zero-order valence-electron chi connectivity index (χ0n) is 16.4. The Bertz CT molecular complexity index is 1090. The molecule has 0 spiro atoms. The van der Waals surface area contributed by atoms with Crippen LogP contribution in [-0.4, -0.2) is 16.1 Å². The number of benzene rings is 2. The van der Waals surface area contributed by atoms with Crippen LogP contribution in [0.5, 0.6) is 0 Å². The molecule has 3 atom stereocenters. The number of halogens is 5. The summed E-state index contributed by atoms with van der Waals surface area (Å²) in [5.41, 5.74) is 1.41. The van der Waals surface area contributed by atoms with Crippen LogP contribution in [0.4, 0.5) is 27.6 Å². The Morgan fingerprint density at radius 3 is 2.53 bits per heavy atom. The monoisotopic (exact) mass is 421 g/mol. The minimum absolute atomic E-state index is 0.170. The molecule has 30 heavy (non-hydrogen) atoms. The first-order chi connectivity index (χ1) is 14.2. The highest BCUT2D eigenvalue weighted by molar-refractivity contribution is 5.91. The van der Waals surface area contributed by atoms with Crippen LogP contribution in [0.25, 0.3) is 10.9 Å². The number of aryl methyl sites for hydroxylation is 1. The zero-order valence-corrected chi connectivity index (χ0v) is 16.4. The molecule has 0 bridgehead atoms. The first kappa shape index (κ1) is 20.5. The molecule has 0 unspecified atom stereocenters. The number of fused-ring (bicyclic) bond motifs is 2. The molecule has 1 aromatic heterocycles. The summed E-state index contributed by atoms with van der Waals surface area (Å²) in [6.45, 7) is 3.44. The highest BCUT2D eigenvalue weighted by Gasteiger charge is 2.49. The molecule has 0 radical (unpaired) electrons. The van der Waals surface area contributed by atoms with Gasteiger partial charge in [-0.05, 0) is 55.0 Å². The van der Waals surface area contributed by atoms with Gasteiger partial charge in [0.1, 0.15) is 17.5 Å². The third kappa shape index (κ3) is 3.70. The zero-order chi connectivity index (χ0) is 21.6. The highest BCUT2D eigenvalue weighted by Crippen LogP contribution is 2.50.